The first kappa shape index (κ1) is 12.2. The Morgan fingerprint density at radius 3 is 2.94 bits per heavy atom. The van der Waals surface area contributed by atoms with Gasteiger partial charge in [0.25, 0.3) is 0 Å². The molecule has 0 N–H and O–H groups in total. The first-order valence-corrected chi connectivity index (χ1v) is 7.35. The molecule has 1 aliphatic rings. The number of hydrogen-bond acceptors (Lipinski definition) is 2. The molecule has 0 spiro atoms. The fourth-order valence-corrected chi connectivity index (χ4v) is 3.32. The Morgan fingerprint density at radius 1 is 1.39 bits per heavy atom. The van der Waals surface area contributed by atoms with Gasteiger partial charge in [0.1, 0.15) is 5.65 Å². The SMILES string of the molecule is CC(C)N1CCCC1c1cn2c(Br)cccc2n1. The maximum Gasteiger partial charge on any atom is 0.137 e. The summed E-state index contributed by atoms with van der Waals surface area (Å²) in [5, 5.41) is 0. The summed E-state index contributed by atoms with van der Waals surface area (Å²) < 4.78 is 3.18. The van der Waals surface area contributed by atoms with Gasteiger partial charge < -0.3 is 0 Å². The monoisotopic (exact) mass is 307 g/mol. The number of likely N-dealkylation sites (tertiary alicyclic amines) is 1. The highest BCUT2D eigenvalue weighted by Crippen LogP contribution is 2.33. The molecule has 2 aromatic heterocycles. The fraction of sp³-hybridized carbons (Fsp3) is 0.500. The lowest BCUT2D eigenvalue weighted by molar-refractivity contribution is 0.202. The zero-order valence-electron chi connectivity index (χ0n) is 10.8. The van der Waals surface area contributed by atoms with Crippen molar-refractivity contribution in [1.29, 1.82) is 0 Å². The minimum absolute atomic E-state index is 0.483. The molecular weight excluding hydrogens is 290 g/mol. The van der Waals surface area contributed by atoms with E-state index in [9.17, 15) is 0 Å². The van der Waals surface area contributed by atoms with Crippen molar-refractivity contribution in [3.05, 3.63) is 34.7 Å². The summed E-state index contributed by atoms with van der Waals surface area (Å²) in [5.41, 5.74) is 2.23. The second-order valence-electron chi connectivity index (χ2n) is 5.23. The Bertz CT molecular complexity index is 561. The van der Waals surface area contributed by atoms with Crippen molar-refractivity contribution < 1.29 is 0 Å². The van der Waals surface area contributed by atoms with Crippen molar-refractivity contribution in [1.82, 2.24) is 14.3 Å². The van der Waals surface area contributed by atoms with Crippen molar-refractivity contribution >= 4 is 21.6 Å². The molecule has 0 bridgehead atoms. The molecule has 3 nitrogen and oxygen atoms in total. The molecule has 0 aliphatic carbocycles. The van der Waals surface area contributed by atoms with E-state index in [1.807, 2.05) is 12.1 Å². The molecule has 18 heavy (non-hydrogen) atoms. The first-order valence-electron chi connectivity index (χ1n) is 6.56. The maximum atomic E-state index is 4.78. The van der Waals surface area contributed by atoms with E-state index in [4.69, 9.17) is 4.98 Å². The molecule has 1 unspecified atom stereocenters. The second kappa shape index (κ2) is 4.67. The van der Waals surface area contributed by atoms with Gasteiger partial charge in [0.2, 0.25) is 0 Å². The van der Waals surface area contributed by atoms with Gasteiger partial charge in [-0.05, 0) is 61.3 Å². The van der Waals surface area contributed by atoms with Crippen LogP contribution in [0.4, 0.5) is 0 Å². The number of fused-ring (bicyclic) bond motifs is 1. The van der Waals surface area contributed by atoms with E-state index in [2.05, 4.69) is 51.3 Å². The van der Waals surface area contributed by atoms with Gasteiger partial charge in [-0.2, -0.15) is 0 Å². The quantitative estimate of drug-likeness (QED) is 0.790. The Balaban J connectivity index is 2.01. The predicted octanol–water partition coefficient (Wildman–Crippen LogP) is 3.64. The number of rotatable bonds is 2. The van der Waals surface area contributed by atoms with Crippen molar-refractivity contribution in [2.45, 2.75) is 38.8 Å². The molecule has 96 valence electrons. The van der Waals surface area contributed by atoms with Gasteiger partial charge >= 0.3 is 0 Å². The molecule has 0 aromatic carbocycles. The third kappa shape index (κ3) is 1.97. The third-order valence-electron chi connectivity index (χ3n) is 3.76. The summed E-state index contributed by atoms with van der Waals surface area (Å²) >= 11 is 3.57. The van der Waals surface area contributed by atoms with Crippen molar-refractivity contribution in [3.63, 3.8) is 0 Å². The Morgan fingerprint density at radius 2 is 2.22 bits per heavy atom. The smallest absolute Gasteiger partial charge is 0.137 e. The predicted molar refractivity (Wildman–Crippen MR) is 76.7 cm³/mol. The van der Waals surface area contributed by atoms with Gasteiger partial charge in [-0.1, -0.05) is 6.07 Å². The molecular formula is C14H18BrN3. The lowest BCUT2D eigenvalue weighted by Gasteiger charge is -2.26. The molecule has 4 heteroatoms. The van der Waals surface area contributed by atoms with E-state index in [0.717, 1.165) is 10.3 Å². The van der Waals surface area contributed by atoms with Crippen molar-refractivity contribution in [3.8, 4) is 0 Å². The van der Waals surface area contributed by atoms with Gasteiger partial charge in [0.15, 0.2) is 0 Å². The summed E-state index contributed by atoms with van der Waals surface area (Å²) in [7, 11) is 0. The van der Waals surface area contributed by atoms with Gasteiger partial charge in [0, 0.05) is 12.2 Å². The highest BCUT2D eigenvalue weighted by atomic mass is 79.9. The van der Waals surface area contributed by atoms with Crippen LogP contribution in [-0.4, -0.2) is 26.9 Å². The van der Waals surface area contributed by atoms with Crippen LogP contribution in [0.1, 0.15) is 38.4 Å². The van der Waals surface area contributed by atoms with Gasteiger partial charge in [-0.15, -0.1) is 0 Å². The number of nitrogens with zero attached hydrogens (tertiary/aromatic N) is 3. The summed E-state index contributed by atoms with van der Waals surface area (Å²) in [6, 6.07) is 7.21. The summed E-state index contributed by atoms with van der Waals surface area (Å²) in [4.78, 5) is 7.33. The molecule has 0 saturated carbocycles. The second-order valence-corrected chi connectivity index (χ2v) is 6.04. The largest absolute Gasteiger partial charge is 0.294 e. The van der Waals surface area contributed by atoms with Crippen LogP contribution in [0, 0.1) is 0 Å². The molecule has 3 rings (SSSR count). The van der Waals surface area contributed by atoms with Crippen LogP contribution < -0.4 is 0 Å². The van der Waals surface area contributed by atoms with Crippen molar-refractivity contribution in [2.24, 2.45) is 0 Å². The third-order valence-corrected chi connectivity index (χ3v) is 4.41. The van der Waals surface area contributed by atoms with E-state index in [-0.39, 0.29) is 0 Å². The molecule has 0 amide bonds. The van der Waals surface area contributed by atoms with Gasteiger partial charge in [0.05, 0.1) is 16.3 Å². The van der Waals surface area contributed by atoms with Crippen LogP contribution >= 0.6 is 15.9 Å². The number of pyridine rings is 1. The summed E-state index contributed by atoms with van der Waals surface area (Å²) in [5.74, 6) is 0. The molecule has 3 heterocycles. The summed E-state index contributed by atoms with van der Waals surface area (Å²) in [6.07, 6.45) is 4.67. The normalized spacial score (nSPS) is 21.2. The summed E-state index contributed by atoms with van der Waals surface area (Å²) in [6.45, 7) is 5.73. The van der Waals surface area contributed by atoms with E-state index >= 15 is 0 Å². The van der Waals surface area contributed by atoms with Crippen LogP contribution in [0.3, 0.4) is 0 Å². The Kier molecular flexibility index (Phi) is 3.16. The molecule has 1 saturated heterocycles. The standard InChI is InChI=1S/C14H18BrN3/c1-10(2)17-8-4-5-12(17)11-9-18-13(15)6-3-7-14(18)16-11/h3,6-7,9-10,12H,4-5,8H2,1-2H3. The lowest BCUT2D eigenvalue weighted by atomic mass is 10.1. The number of hydrogen-bond donors (Lipinski definition) is 0. The Hall–Kier alpha value is -0.870. The van der Waals surface area contributed by atoms with Crippen LogP contribution in [0.25, 0.3) is 5.65 Å². The zero-order chi connectivity index (χ0) is 12.7. The Labute approximate surface area is 116 Å². The number of imidazole rings is 1. The molecule has 1 atom stereocenters. The average Bonchev–Trinajstić information content (AvgIpc) is 2.95. The average molecular weight is 308 g/mol. The minimum Gasteiger partial charge on any atom is -0.294 e. The molecule has 1 aliphatic heterocycles. The molecule has 0 radical (unpaired) electrons. The molecule has 1 fully saturated rings. The van der Waals surface area contributed by atoms with Crippen LogP contribution in [0.15, 0.2) is 29.0 Å². The van der Waals surface area contributed by atoms with Crippen molar-refractivity contribution in [2.75, 3.05) is 6.54 Å². The highest BCUT2D eigenvalue weighted by molar-refractivity contribution is 9.10. The van der Waals surface area contributed by atoms with E-state index < -0.39 is 0 Å². The van der Waals surface area contributed by atoms with E-state index in [1.54, 1.807) is 0 Å². The van der Waals surface area contributed by atoms with E-state index in [0.29, 0.717) is 12.1 Å². The maximum absolute atomic E-state index is 4.78. The zero-order valence-corrected chi connectivity index (χ0v) is 12.4. The fourth-order valence-electron chi connectivity index (χ4n) is 2.88. The van der Waals surface area contributed by atoms with Crippen LogP contribution in [0.5, 0.6) is 0 Å². The molecule has 2 aromatic rings. The van der Waals surface area contributed by atoms with Gasteiger partial charge in [-0.25, -0.2) is 4.98 Å². The first-order chi connectivity index (χ1) is 8.66. The number of halogens is 1. The number of aromatic nitrogens is 2. The van der Waals surface area contributed by atoms with Gasteiger partial charge in [-0.3, -0.25) is 9.30 Å². The highest BCUT2D eigenvalue weighted by Gasteiger charge is 2.29. The topological polar surface area (TPSA) is 20.5 Å². The lowest BCUT2D eigenvalue weighted by Crippen LogP contribution is -2.30. The minimum atomic E-state index is 0.483. The van der Waals surface area contributed by atoms with E-state index in [1.165, 1.54) is 25.1 Å². The van der Waals surface area contributed by atoms with Crippen LogP contribution in [-0.2, 0) is 0 Å². The van der Waals surface area contributed by atoms with Crippen LogP contribution in [0.2, 0.25) is 0 Å².